The van der Waals surface area contributed by atoms with Gasteiger partial charge in [0.15, 0.2) is 0 Å². The van der Waals surface area contributed by atoms with E-state index >= 15 is 0 Å². The van der Waals surface area contributed by atoms with Crippen LogP contribution in [-0.2, 0) is 17.6 Å². The lowest BCUT2D eigenvalue weighted by molar-refractivity contribution is -0.137. The van der Waals surface area contributed by atoms with Gasteiger partial charge in [0.05, 0.1) is 23.9 Å². The maximum atomic E-state index is 12.0. The monoisotopic (exact) mass is 545 g/mol. The molecule has 8 nitrogen and oxygen atoms in total. The fourth-order valence-corrected chi connectivity index (χ4v) is 6.18. The number of nitrogens with zero attached hydrogens (tertiary/aromatic N) is 4. The van der Waals surface area contributed by atoms with Crippen LogP contribution in [0.1, 0.15) is 73.7 Å². The van der Waals surface area contributed by atoms with Crippen LogP contribution in [0.3, 0.4) is 0 Å². The Kier molecular flexibility index (Phi) is 8.74. The molecule has 1 fully saturated rings. The van der Waals surface area contributed by atoms with Crippen molar-refractivity contribution in [3.63, 3.8) is 0 Å². The molecule has 40 heavy (non-hydrogen) atoms. The number of carboxylic acid groups (broad SMARTS) is 1. The predicted molar refractivity (Wildman–Crippen MR) is 158 cm³/mol. The van der Waals surface area contributed by atoms with E-state index in [4.69, 9.17) is 9.72 Å². The zero-order valence-corrected chi connectivity index (χ0v) is 24.3. The summed E-state index contributed by atoms with van der Waals surface area (Å²) in [5.74, 6) is 1.48. The van der Waals surface area contributed by atoms with Crippen LogP contribution in [-0.4, -0.2) is 63.0 Å². The minimum Gasteiger partial charge on any atom is -0.491 e. The molecule has 0 saturated carbocycles. The van der Waals surface area contributed by atoms with Gasteiger partial charge >= 0.3 is 5.97 Å². The van der Waals surface area contributed by atoms with Gasteiger partial charge in [-0.3, -0.25) is 4.79 Å². The topological polar surface area (TPSA) is 92.5 Å². The highest BCUT2D eigenvalue weighted by molar-refractivity contribution is 5.68. The standard InChI is InChI=1S/C32H43N5O3/c1-21(2)40-30-16-26(15-29(18-30)37-23(4)14-22(3)35-37)27(17-31(38)39)20-36-13-11-24(19-36)7-9-28-10-8-25-6-5-12-33-32(25)34-28/h8,10,14-16,18,21,24,27H,5-7,9,11-13,17,19-20H2,1-4H3,(H,33,34)(H,38,39). The second-order valence-corrected chi connectivity index (χ2v) is 11.9. The van der Waals surface area contributed by atoms with E-state index < -0.39 is 5.97 Å². The molecular formula is C32H43N5O3. The lowest BCUT2D eigenvalue weighted by Gasteiger charge is -2.25. The first-order valence-electron chi connectivity index (χ1n) is 14.8. The molecule has 5 rings (SSSR count). The molecule has 3 aromatic rings. The van der Waals surface area contributed by atoms with Gasteiger partial charge in [-0.15, -0.1) is 0 Å². The van der Waals surface area contributed by atoms with Crippen LogP contribution < -0.4 is 10.1 Å². The van der Waals surface area contributed by atoms with E-state index in [2.05, 4.69) is 33.5 Å². The largest absolute Gasteiger partial charge is 0.491 e. The summed E-state index contributed by atoms with van der Waals surface area (Å²) in [6, 6.07) is 12.6. The maximum absolute atomic E-state index is 12.0. The molecule has 2 N–H and O–H groups in total. The normalized spacial score (nSPS) is 18.0. The van der Waals surface area contributed by atoms with E-state index in [9.17, 15) is 9.90 Å². The van der Waals surface area contributed by atoms with Crippen molar-refractivity contribution in [1.29, 1.82) is 0 Å². The number of rotatable bonds is 11. The van der Waals surface area contributed by atoms with Gasteiger partial charge in [-0.1, -0.05) is 6.07 Å². The molecular weight excluding hydrogens is 502 g/mol. The minimum atomic E-state index is -0.782. The van der Waals surface area contributed by atoms with Crippen LogP contribution in [0.5, 0.6) is 5.75 Å². The Morgan fingerprint density at radius 2 is 2.05 bits per heavy atom. The van der Waals surface area contributed by atoms with Crippen LogP contribution >= 0.6 is 0 Å². The fourth-order valence-electron chi connectivity index (χ4n) is 6.18. The number of nitrogens with one attached hydrogen (secondary N) is 1. The number of benzene rings is 1. The van der Waals surface area contributed by atoms with Gasteiger partial charge in [0.25, 0.3) is 0 Å². The summed E-state index contributed by atoms with van der Waals surface area (Å²) in [6.07, 6.45) is 5.60. The molecule has 2 atom stereocenters. The number of ether oxygens (including phenoxy) is 1. The van der Waals surface area contributed by atoms with Gasteiger partial charge < -0.3 is 20.1 Å². The lowest BCUT2D eigenvalue weighted by Crippen LogP contribution is -2.28. The Balaban J connectivity index is 1.29. The molecule has 1 aromatic carbocycles. The third-order valence-corrected chi connectivity index (χ3v) is 8.04. The molecule has 0 spiro atoms. The summed E-state index contributed by atoms with van der Waals surface area (Å²) < 4.78 is 8.02. The molecule has 0 radical (unpaired) electrons. The maximum Gasteiger partial charge on any atom is 0.304 e. The number of aliphatic carboxylic acids is 1. The van der Waals surface area contributed by atoms with E-state index in [0.717, 1.165) is 85.2 Å². The molecule has 4 heterocycles. The van der Waals surface area contributed by atoms with Gasteiger partial charge in [-0.05, 0) is 108 Å². The van der Waals surface area contributed by atoms with Crippen molar-refractivity contribution in [1.82, 2.24) is 19.7 Å². The highest BCUT2D eigenvalue weighted by Crippen LogP contribution is 2.32. The van der Waals surface area contributed by atoms with Crippen molar-refractivity contribution in [3.05, 3.63) is 64.6 Å². The first-order chi connectivity index (χ1) is 19.2. The Morgan fingerprint density at radius 3 is 2.80 bits per heavy atom. The van der Waals surface area contributed by atoms with Crippen LogP contribution in [0.25, 0.3) is 5.69 Å². The van der Waals surface area contributed by atoms with Gasteiger partial charge in [-0.25, -0.2) is 9.67 Å². The Bertz CT molecular complexity index is 1330. The summed E-state index contributed by atoms with van der Waals surface area (Å²) in [6.45, 7) is 11.7. The molecule has 8 heteroatoms. The number of fused-ring (bicyclic) bond motifs is 1. The Morgan fingerprint density at radius 1 is 1.20 bits per heavy atom. The molecule has 2 unspecified atom stereocenters. The van der Waals surface area contributed by atoms with E-state index in [1.165, 1.54) is 12.0 Å². The number of anilines is 1. The quantitative estimate of drug-likeness (QED) is 0.327. The number of likely N-dealkylation sites (tertiary alicyclic amines) is 1. The lowest BCUT2D eigenvalue weighted by atomic mass is 9.94. The average Bonchev–Trinajstić information content (AvgIpc) is 3.50. The van der Waals surface area contributed by atoms with Crippen molar-refractivity contribution >= 4 is 11.8 Å². The zero-order valence-electron chi connectivity index (χ0n) is 24.3. The summed E-state index contributed by atoms with van der Waals surface area (Å²) in [5.41, 5.74) is 6.36. The minimum absolute atomic E-state index is 0.0150. The third-order valence-electron chi connectivity index (χ3n) is 8.04. The molecule has 0 amide bonds. The number of hydrogen-bond acceptors (Lipinski definition) is 6. The second kappa shape index (κ2) is 12.4. The van der Waals surface area contributed by atoms with Crippen molar-refractivity contribution in [3.8, 4) is 11.4 Å². The van der Waals surface area contributed by atoms with Crippen molar-refractivity contribution < 1.29 is 14.6 Å². The Hall–Kier alpha value is -3.39. The Labute approximate surface area is 237 Å². The van der Waals surface area contributed by atoms with Gasteiger partial charge in [0.1, 0.15) is 11.6 Å². The smallest absolute Gasteiger partial charge is 0.304 e. The van der Waals surface area contributed by atoms with Gasteiger partial charge in [0, 0.05) is 43.0 Å². The van der Waals surface area contributed by atoms with Crippen LogP contribution in [0.4, 0.5) is 5.82 Å². The first-order valence-corrected chi connectivity index (χ1v) is 14.8. The van der Waals surface area contributed by atoms with Crippen LogP contribution in [0, 0.1) is 19.8 Å². The van der Waals surface area contributed by atoms with Crippen molar-refractivity contribution in [2.45, 2.75) is 78.2 Å². The van der Waals surface area contributed by atoms with Crippen molar-refractivity contribution in [2.75, 3.05) is 31.5 Å². The highest BCUT2D eigenvalue weighted by atomic mass is 16.5. The fraction of sp³-hybridized carbons (Fsp3) is 0.531. The third kappa shape index (κ3) is 7.02. The summed E-state index contributed by atoms with van der Waals surface area (Å²) in [7, 11) is 0. The molecule has 0 bridgehead atoms. The SMILES string of the molecule is Cc1cc(C)n(-c2cc(OC(C)C)cc(C(CC(=O)O)CN3CCC(CCc4ccc5c(n4)NCCC5)C3)c2)n1. The molecule has 1 saturated heterocycles. The van der Waals surface area contributed by atoms with E-state index in [0.29, 0.717) is 12.5 Å². The summed E-state index contributed by atoms with van der Waals surface area (Å²) >= 11 is 0. The van der Waals surface area contributed by atoms with Gasteiger partial charge in [-0.2, -0.15) is 5.10 Å². The number of aryl methyl sites for hydroxylation is 4. The van der Waals surface area contributed by atoms with Gasteiger partial charge in [0.2, 0.25) is 0 Å². The van der Waals surface area contributed by atoms with E-state index in [-0.39, 0.29) is 18.4 Å². The van der Waals surface area contributed by atoms with Crippen LogP contribution in [0.2, 0.25) is 0 Å². The number of pyridine rings is 1. The average molecular weight is 546 g/mol. The zero-order chi connectivity index (χ0) is 28.2. The molecule has 0 aliphatic carbocycles. The number of carbonyl (C=O) groups is 1. The molecule has 2 aliphatic heterocycles. The summed E-state index contributed by atoms with van der Waals surface area (Å²) in [4.78, 5) is 19.3. The predicted octanol–water partition coefficient (Wildman–Crippen LogP) is 5.54. The van der Waals surface area contributed by atoms with E-state index in [1.54, 1.807) is 0 Å². The highest BCUT2D eigenvalue weighted by Gasteiger charge is 2.27. The number of hydrogen-bond donors (Lipinski definition) is 2. The summed E-state index contributed by atoms with van der Waals surface area (Å²) in [5, 5.41) is 17.9. The second-order valence-electron chi connectivity index (χ2n) is 11.9. The van der Waals surface area contributed by atoms with E-state index in [1.807, 2.05) is 50.6 Å². The van der Waals surface area contributed by atoms with Crippen LogP contribution in [0.15, 0.2) is 36.4 Å². The number of carboxylic acids is 1. The molecule has 2 aromatic heterocycles. The molecule has 214 valence electrons. The number of aromatic nitrogens is 3. The van der Waals surface area contributed by atoms with Crippen molar-refractivity contribution in [2.24, 2.45) is 5.92 Å². The molecule has 2 aliphatic rings. The first kappa shape index (κ1) is 28.1.